The van der Waals surface area contributed by atoms with Crippen molar-refractivity contribution in [3.8, 4) is 0 Å². The zero-order valence-corrected chi connectivity index (χ0v) is 30.2. The van der Waals surface area contributed by atoms with E-state index in [1.54, 1.807) is 0 Å². The normalized spacial score (nSPS) is 11.4. The molecule has 15 heteroatoms. The summed E-state index contributed by atoms with van der Waals surface area (Å²) in [6.45, 7) is 14.2. The van der Waals surface area contributed by atoms with Gasteiger partial charge in [0.1, 0.15) is 0 Å². The number of nitrogens with one attached hydrogen (secondary N) is 1. The largest absolute Gasteiger partial charge is 0.481 e. The van der Waals surface area contributed by atoms with Gasteiger partial charge in [0.05, 0.1) is 139 Å². The number of amides is 1. The van der Waals surface area contributed by atoms with Crippen molar-refractivity contribution < 1.29 is 66.8 Å². The smallest absolute Gasteiger partial charge is 0.303 e. The number of rotatable bonds is 43. The lowest BCUT2D eigenvalue weighted by molar-refractivity contribution is -0.138. The fourth-order valence-electron chi connectivity index (χ4n) is 3.82. The van der Waals surface area contributed by atoms with Crippen LogP contribution in [0.3, 0.4) is 0 Å². The van der Waals surface area contributed by atoms with Crippen LogP contribution < -0.4 is 5.32 Å². The summed E-state index contributed by atoms with van der Waals surface area (Å²) in [5.74, 6) is -1.25. The van der Waals surface area contributed by atoms with E-state index in [0.717, 1.165) is 13.0 Å². The first-order chi connectivity index (χ1) is 24.2. The van der Waals surface area contributed by atoms with Gasteiger partial charge in [-0.25, -0.2) is 0 Å². The summed E-state index contributed by atoms with van der Waals surface area (Å²) in [6.07, 6.45) is 6.73. The van der Waals surface area contributed by atoms with E-state index in [1.807, 2.05) is 0 Å². The topological polar surface area (TPSA) is 168 Å². The summed E-state index contributed by atoms with van der Waals surface area (Å²) in [5.41, 5.74) is 0. The van der Waals surface area contributed by atoms with Gasteiger partial charge in [-0.05, 0) is 12.8 Å². The molecule has 0 atom stereocenters. The van der Waals surface area contributed by atoms with Gasteiger partial charge in [-0.3, -0.25) is 9.59 Å². The Hall–Kier alpha value is -1.50. The Bertz CT molecular complexity index is 677. The number of unbranched alkanes of at least 4 members (excludes halogenated alkanes) is 4. The van der Waals surface area contributed by atoms with Crippen LogP contribution in [0.1, 0.15) is 58.3 Å². The number of carbonyl (C=O) groups excluding carboxylic acids is 1. The van der Waals surface area contributed by atoms with Gasteiger partial charge in [0.25, 0.3) is 0 Å². The zero-order valence-electron chi connectivity index (χ0n) is 30.2. The Kier molecular flexibility index (Phi) is 41.4. The van der Waals surface area contributed by atoms with E-state index in [-0.39, 0.29) is 18.7 Å². The van der Waals surface area contributed by atoms with Gasteiger partial charge in [-0.2, -0.15) is 0 Å². The molecule has 0 saturated carbocycles. The van der Waals surface area contributed by atoms with Crippen LogP contribution >= 0.6 is 0 Å². The number of hydrogen-bond donors (Lipinski definition) is 2. The molecule has 2 N–H and O–H groups in total. The minimum Gasteiger partial charge on any atom is -0.481 e. The van der Waals surface area contributed by atoms with Gasteiger partial charge >= 0.3 is 5.97 Å². The second kappa shape index (κ2) is 42.7. The van der Waals surface area contributed by atoms with Gasteiger partial charge in [0, 0.05) is 26.2 Å². The van der Waals surface area contributed by atoms with E-state index in [1.165, 1.54) is 25.7 Å². The van der Waals surface area contributed by atoms with Crippen molar-refractivity contribution in [2.75, 3.05) is 152 Å². The molecule has 0 fully saturated rings. The van der Waals surface area contributed by atoms with Crippen molar-refractivity contribution in [1.82, 2.24) is 5.32 Å². The van der Waals surface area contributed by atoms with Crippen molar-refractivity contribution in [2.24, 2.45) is 0 Å². The third kappa shape index (κ3) is 44.5. The molecule has 0 aliphatic heterocycles. The molecular formula is C34H67NO14. The van der Waals surface area contributed by atoms with Crippen LogP contribution in [-0.4, -0.2) is 169 Å². The van der Waals surface area contributed by atoms with E-state index in [4.69, 9.17) is 57.2 Å². The summed E-state index contributed by atoms with van der Waals surface area (Å²) >= 11 is 0. The van der Waals surface area contributed by atoms with Gasteiger partial charge in [0.2, 0.25) is 5.91 Å². The molecule has 0 unspecified atom stereocenters. The maximum absolute atomic E-state index is 11.4. The fourth-order valence-corrected chi connectivity index (χ4v) is 3.82. The summed E-state index contributed by atoms with van der Waals surface area (Å²) in [5, 5.41) is 11.2. The van der Waals surface area contributed by atoms with Crippen LogP contribution in [0.15, 0.2) is 0 Å². The monoisotopic (exact) mass is 713 g/mol. The van der Waals surface area contributed by atoms with Crippen molar-refractivity contribution in [3.63, 3.8) is 0 Å². The van der Waals surface area contributed by atoms with E-state index in [2.05, 4.69) is 12.2 Å². The first-order valence-electron chi connectivity index (χ1n) is 18.0. The third-order valence-corrected chi connectivity index (χ3v) is 6.47. The van der Waals surface area contributed by atoms with Crippen molar-refractivity contribution in [1.29, 1.82) is 0 Å². The maximum atomic E-state index is 11.4. The summed E-state index contributed by atoms with van der Waals surface area (Å²) in [7, 11) is 0. The number of carboxylic acid groups (broad SMARTS) is 1. The number of carbonyl (C=O) groups is 2. The standard InChI is InChI=1S/C34H67NO14/c1-2-3-4-5-6-11-39-13-15-41-17-19-43-21-23-45-25-27-47-29-31-49-32-30-48-28-26-46-24-22-44-20-18-42-16-14-40-12-7-10-35-33(36)8-9-34(37)38/h2-32H2,1H3,(H,35,36)(H,37,38). The maximum Gasteiger partial charge on any atom is 0.303 e. The highest BCUT2D eigenvalue weighted by molar-refractivity contribution is 5.80. The molecule has 0 aromatic rings. The molecule has 0 rings (SSSR count). The SMILES string of the molecule is CCCCCCCOCCOCCOCCOCCOCCOCCOCCOCCOCCOCCOCCCNC(=O)CCC(=O)O. The number of aliphatic carboxylic acids is 1. The lowest BCUT2D eigenvalue weighted by atomic mass is 10.2. The van der Waals surface area contributed by atoms with Crippen molar-refractivity contribution in [2.45, 2.75) is 58.3 Å². The molecular weight excluding hydrogens is 646 g/mol. The Balaban J connectivity index is 3.08. The molecule has 0 aromatic carbocycles. The average Bonchev–Trinajstić information content (AvgIpc) is 3.10. The van der Waals surface area contributed by atoms with E-state index in [9.17, 15) is 9.59 Å². The van der Waals surface area contributed by atoms with Crippen LogP contribution in [0.2, 0.25) is 0 Å². The summed E-state index contributed by atoms with van der Waals surface area (Å²) in [4.78, 5) is 21.8. The Morgan fingerprint density at radius 3 is 0.980 bits per heavy atom. The quantitative estimate of drug-likeness (QED) is 0.0885. The van der Waals surface area contributed by atoms with Gasteiger partial charge < -0.3 is 62.5 Å². The minimum atomic E-state index is -0.981. The predicted octanol–water partition coefficient (Wildman–Crippen LogP) is 2.51. The highest BCUT2D eigenvalue weighted by Gasteiger charge is 2.04. The molecule has 0 heterocycles. The first-order valence-corrected chi connectivity index (χ1v) is 18.0. The highest BCUT2D eigenvalue weighted by Crippen LogP contribution is 2.02. The number of hydrogen-bond acceptors (Lipinski definition) is 13. The Labute approximate surface area is 294 Å². The molecule has 0 saturated heterocycles. The van der Waals surface area contributed by atoms with Crippen LogP contribution in [0.25, 0.3) is 0 Å². The highest BCUT2D eigenvalue weighted by atomic mass is 16.6. The number of ether oxygens (including phenoxy) is 11. The van der Waals surface area contributed by atoms with Crippen molar-refractivity contribution >= 4 is 11.9 Å². The molecule has 0 bridgehead atoms. The second-order valence-electron chi connectivity index (χ2n) is 10.7. The van der Waals surface area contributed by atoms with Gasteiger partial charge in [-0.1, -0.05) is 32.6 Å². The average molecular weight is 714 g/mol. The number of carboxylic acids is 1. The molecule has 1 amide bonds. The molecule has 292 valence electrons. The van der Waals surface area contributed by atoms with Crippen molar-refractivity contribution in [3.05, 3.63) is 0 Å². The molecule has 0 aliphatic rings. The van der Waals surface area contributed by atoms with Gasteiger partial charge in [-0.15, -0.1) is 0 Å². The Morgan fingerprint density at radius 2 is 0.673 bits per heavy atom. The molecule has 0 aliphatic carbocycles. The van der Waals surface area contributed by atoms with Crippen LogP contribution in [0.4, 0.5) is 0 Å². The Morgan fingerprint density at radius 1 is 0.388 bits per heavy atom. The van der Waals surface area contributed by atoms with Crippen LogP contribution in [-0.2, 0) is 61.7 Å². The predicted molar refractivity (Wildman–Crippen MR) is 182 cm³/mol. The van der Waals surface area contributed by atoms with E-state index in [0.29, 0.717) is 152 Å². The zero-order chi connectivity index (χ0) is 35.6. The first kappa shape index (κ1) is 47.5. The van der Waals surface area contributed by atoms with E-state index < -0.39 is 5.97 Å². The lowest BCUT2D eigenvalue weighted by Crippen LogP contribution is -2.25. The van der Waals surface area contributed by atoms with Crippen LogP contribution in [0, 0.1) is 0 Å². The second-order valence-corrected chi connectivity index (χ2v) is 10.7. The van der Waals surface area contributed by atoms with Gasteiger partial charge in [0.15, 0.2) is 0 Å². The lowest BCUT2D eigenvalue weighted by Gasteiger charge is -2.09. The summed E-state index contributed by atoms with van der Waals surface area (Å²) < 4.78 is 60.2. The van der Waals surface area contributed by atoms with E-state index >= 15 is 0 Å². The molecule has 15 nitrogen and oxygen atoms in total. The molecule has 0 radical (unpaired) electrons. The summed E-state index contributed by atoms with van der Waals surface area (Å²) in [6, 6.07) is 0. The molecule has 49 heavy (non-hydrogen) atoms. The third-order valence-electron chi connectivity index (χ3n) is 6.47. The molecule has 0 spiro atoms. The minimum absolute atomic E-state index is 0.00882. The van der Waals surface area contributed by atoms with Crippen LogP contribution in [0.5, 0.6) is 0 Å². The fraction of sp³-hybridized carbons (Fsp3) is 0.941. The molecule has 0 aromatic heterocycles.